The van der Waals surface area contributed by atoms with Gasteiger partial charge in [-0.25, -0.2) is 4.57 Å². The normalized spacial score (nSPS) is 13.9. The van der Waals surface area contributed by atoms with Crippen LogP contribution in [0.25, 0.3) is 0 Å². The number of aliphatic hydroxyl groups excluding tert-OH is 1. The molecule has 0 bridgehead atoms. The summed E-state index contributed by atoms with van der Waals surface area (Å²) in [5, 5.41) is 9.84. The SMILES string of the molecule is CC/C=C\C/C=C\C/C=C\C/C=C\CCCCC(=O)OC(CO)COP(=O)(O)OCC(COC(=O)CCCCCCCCCCC/C=C\C/C=C\CCCCC)OC(=O)CCCCCCCCCCC/C=C\C/C=C\CCCCC. The fourth-order valence-electron chi connectivity index (χ4n) is 8.58. The van der Waals surface area contributed by atoms with Crippen molar-refractivity contribution in [3.63, 3.8) is 0 Å². The largest absolute Gasteiger partial charge is 0.472 e. The number of carbonyl (C=O) groups is 3. The van der Waals surface area contributed by atoms with Crippen LogP contribution in [0.15, 0.2) is 97.2 Å². The monoisotopic (exact) mass is 1140 g/mol. The Hall–Kier alpha value is -3.60. The number of allylic oxidation sites excluding steroid dienone is 16. The second-order valence-electron chi connectivity index (χ2n) is 21.2. The zero-order valence-corrected chi connectivity index (χ0v) is 51.9. The van der Waals surface area contributed by atoms with Crippen LogP contribution in [-0.4, -0.2) is 66.5 Å². The van der Waals surface area contributed by atoms with Gasteiger partial charge in [0.1, 0.15) is 12.7 Å². The lowest BCUT2D eigenvalue weighted by atomic mass is 10.1. The average Bonchev–Trinajstić information content (AvgIpc) is 3.45. The quantitative estimate of drug-likeness (QED) is 0.0197. The molecule has 0 rings (SSSR count). The van der Waals surface area contributed by atoms with Gasteiger partial charge in [-0.2, -0.15) is 0 Å². The Bertz CT molecular complexity index is 1710. The third-order valence-electron chi connectivity index (χ3n) is 13.5. The van der Waals surface area contributed by atoms with E-state index < -0.39 is 57.8 Å². The molecule has 0 heterocycles. The van der Waals surface area contributed by atoms with E-state index in [1.54, 1.807) is 0 Å². The van der Waals surface area contributed by atoms with Crippen LogP contribution in [0.1, 0.15) is 278 Å². The first-order valence-electron chi connectivity index (χ1n) is 32.1. The minimum atomic E-state index is -4.77. The van der Waals surface area contributed by atoms with E-state index in [0.29, 0.717) is 19.3 Å². The fraction of sp³-hybridized carbons (Fsp3) is 0.721. The fourth-order valence-corrected chi connectivity index (χ4v) is 9.37. The molecule has 460 valence electrons. The molecule has 0 saturated heterocycles. The van der Waals surface area contributed by atoms with Crippen molar-refractivity contribution in [1.29, 1.82) is 0 Å². The summed E-state index contributed by atoms with van der Waals surface area (Å²) >= 11 is 0. The van der Waals surface area contributed by atoms with Crippen LogP contribution >= 0.6 is 7.82 Å². The van der Waals surface area contributed by atoms with E-state index in [0.717, 1.165) is 103 Å². The summed E-state index contributed by atoms with van der Waals surface area (Å²) in [7, 11) is -4.77. The van der Waals surface area contributed by atoms with Gasteiger partial charge in [-0.15, -0.1) is 0 Å². The molecule has 0 fully saturated rings. The van der Waals surface area contributed by atoms with Crippen molar-refractivity contribution in [1.82, 2.24) is 0 Å². The predicted molar refractivity (Wildman–Crippen MR) is 334 cm³/mol. The molecule has 0 aliphatic rings. The number of phosphoric ester groups is 1. The van der Waals surface area contributed by atoms with Crippen molar-refractivity contribution >= 4 is 25.7 Å². The van der Waals surface area contributed by atoms with Gasteiger partial charge < -0.3 is 24.2 Å². The molecule has 12 heteroatoms. The van der Waals surface area contributed by atoms with Crippen LogP contribution in [0, 0.1) is 0 Å². The van der Waals surface area contributed by atoms with Gasteiger partial charge >= 0.3 is 25.7 Å². The van der Waals surface area contributed by atoms with Gasteiger partial charge in [0.05, 0.1) is 19.8 Å². The number of hydrogen-bond acceptors (Lipinski definition) is 10. The molecule has 11 nitrogen and oxygen atoms in total. The summed E-state index contributed by atoms with van der Waals surface area (Å²) in [5.74, 6) is -1.51. The molecule has 0 spiro atoms. The van der Waals surface area contributed by atoms with Gasteiger partial charge in [-0.1, -0.05) is 234 Å². The highest BCUT2D eigenvalue weighted by Gasteiger charge is 2.28. The van der Waals surface area contributed by atoms with E-state index in [9.17, 15) is 28.9 Å². The molecule has 0 aromatic carbocycles. The van der Waals surface area contributed by atoms with Crippen molar-refractivity contribution in [2.45, 2.75) is 290 Å². The highest BCUT2D eigenvalue weighted by Crippen LogP contribution is 2.43. The minimum Gasteiger partial charge on any atom is -0.462 e. The molecule has 2 N–H and O–H groups in total. The Morgan fingerprint density at radius 3 is 1.02 bits per heavy atom. The van der Waals surface area contributed by atoms with Gasteiger partial charge in [-0.3, -0.25) is 23.4 Å². The number of rotatable bonds is 59. The third-order valence-corrected chi connectivity index (χ3v) is 14.4. The summed E-state index contributed by atoms with van der Waals surface area (Å²) in [6.45, 7) is 4.45. The molecule has 0 radical (unpaired) electrons. The summed E-state index contributed by atoms with van der Waals surface area (Å²) in [6, 6.07) is 0. The molecule has 0 amide bonds. The molecule has 0 aromatic heterocycles. The number of hydrogen-bond donors (Lipinski definition) is 2. The number of carbonyl (C=O) groups excluding carboxylic acids is 3. The van der Waals surface area contributed by atoms with E-state index in [2.05, 4.69) is 118 Å². The van der Waals surface area contributed by atoms with E-state index in [-0.39, 0.29) is 25.9 Å². The maximum absolute atomic E-state index is 13.0. The van der Waals surface area contributed by atoms with Crippen LogP contribution in [-0.2, 0) is 42.2 Å². The van der Waals surface area contributed by atoms with Crippen LogP contribution < -0.4 is 0 Å². The highest BCUT2D eigenvalue weighted by atomic mass is 31.2. The summed E-state index contributed by atoms with van der Waals surface area (Å²) < 4.78 is 39.6. The van der Waals surface area contributed by atoms with Crippen molar-refractivity contribution in [2.24, 2.45) is 0 Å². The first kappa shape index (κ1) is 76.4. The number of phosphoric acid groups is 1. The lowest BCUT2D eigenvalue weighted by Crippen LogP contribution is -2.30. The smallest absolute Gasteiger partial charge is 0.462 e. The van der Waals surface area contributed by atoms with Crippen LogP contribution in [0.3, 0.4) is 0 Å². The maximum Gasteiger partial charge on any atom is 0.472 e. The van der Waals surface area contributed by atoms with Gasteiger partial charge in [0, 0.05) is 19.3 Å². The Morgan fingerprint density at radius 2 is 0.650 bits per heavy atom. The van der Waals surface area contributed by atoms with Crippen molar-refractivity contribution in [3.8, 4) is 0 Å². The number of unbranched alkanes of at least 4 members (excludes halogenated alkanes) is 26. The van der Waals surface area contributed by atoms with Gasteiger partial charge in [-0.05, 0) is 122 Å². The standard InChI is InChI=1S/C68H117O11P/c1-4-7-10-13-16-19-22-25-28-30-32-34-37-39-42-45-48-51-54-57-66(70)75-61-65(79-68(72)59-56-53-50-47-44-41-38-35-33-31-29-26-23-20-17-14-11-8-5-2)63-77-80(73,74)76-62-64(60-69)78-67(71)58-55-52-49-46-43-40-36-27-24-21-18-15-12-9-6-3/h9,12,16-21,25-29,36,43,46,64-65,69H,4-8,10-11,13-15,22-24,30-35,37-42,44-45,47-63H2,1-3H3,(H,73,74)/b12-9-,19-16-,20-17-,21-18-,28-25-,29-26-,36-27-,46-43-. The van der Waals surface area contributed by atoms with E-state index in [1.807, 2.05) is 0 Å². The molecular formula is C68H117O11P. The molecule has 0 saturated carbocycles. The van der Waals surface area contributed by atoms with Gasteiger partial charge in [0.15, 0.2) is 6.10 Å². The molecule has 3 unspecified atom stereocenters. The predicted octanol–water partition coefficient (Wildman–Crippen LogP) is 19.6. The number of esters is 3. The first-order valence-corrected chi connectivity index (χ1v) is 33.6. The van der Waals surface area contributed by atoms with Gasteiger partial charge in [0.2, 0.25) is 0 Å². The topological polar surface area (TPSA) is 155 Å². The van der Waals surface area contributed by atoms with Crippen molar-refractivity contribution in [3.05, 3.63) is 97.2 Å². The Kier molecular flexibility index (Phi) is 58.7. The lowest BCUT2D eigenvalue weighted by molar-refractivity contribution is -0.161. The van der Waals surface area contributed by atoms with E-state index in [4.69, 9.17) is 23.3 Å². The summed E-state index contributed by atoms with van der Waals surface area (Å²) in [6.07, 6.45) is 73.6. The Labute approximate surface area is 489 Å². The zero-order valence-electron chi connectivity index (χ0n) is 51.0. The highest BCUT2D eigenvalue weighted by molar-refractivity contribution is 7.47. The van der Waals surface area contributed by atoms with Crippen LogP contribution in [0.5, 0.6) is 0 Å². The van der Waals surface area contributed by atoms with Gasteiger partial charge in [0.25, 0.3) is 0 Å². The molecule has 3 atom stereocenters. The van der Waals surface area contributed by atoms with Crippen molar-refractivity contribution < 1.29 is 52.2 Å². The Balaban J connectivity index is 4.75. The number of ether oxygens (including phenoxy) is 3. The molecule has 0 aliphatic heterocycles. The molecule has 0 aliphatic carbocycles. The van der Waals surface area contributed by atoms with E-state index >= 15 is 0 Å². The maximum atomic E-state index is 13.0. The minimum absolute atomic E-state index is 0.121. The second kappa shape index (κ2) is 61.5. The number of aliphatic hydroxyl groups is 1. The lowest BCUT2D eigenvalue weighted by Gasteiger charge is -2.21. The molecule has 80 heavy (non-hydrogen) atoms. The summed E-state index contributed by atoms with van der Waals surface area (Å²) in [4.78, 5) is 48.8. The summed E-state index contributed by atoms with van der Waals surface area (Å²) in [5.41, 5.74) is 0. The first-order chi connectivity index (χ1) is 39.2. The Morgan fingerprint density at radius 1 is 0.362 bits per heavy atom. The van der Waals surface area contributed by atoms with Crippen molar-refractivity contribution in [2.75, 3.05) is 26.4 Å². The average molecular weight is 1140 g/mol. The molecular weight excluding hydrogens is 1020 g/mol. The second-order valence-corrected chi connectivity index (χ2v) is 22.6. The van der Waals surface area contributed by atoms with Crippen LogP contribution in [0.2, 0.25) is 0 Å². The van der Waals surface area contributed by atoms with E-state index in [1.165, 1.54) is 116 Å². The zero-order chi connectivity index (χ0) is 58.3. The van der Waals surface area contributed by atoms with Crippen LogP contribution in [0.4, 0.5) is 0 Å². The third kappa shape index (κ3) is 59.0. The molecule has 0 aromatic rings.